The van der Waals surface area contributed by atoms with Crippen molar-refractivity contribution in [3.8, 4) is 5.69 Å². The average Bonchev–Trinajstić information content (AvgIpc) is 2.82. The molecule has 0 saturated carbocycles. The number of benzene rings is 1. The molecule has 2 N–H and O–H groups in total. The Morgan fingerprint density at radius 1 is 1.12 bits per heavy atom. The third-order valence-corrected chi connectivity index (χ3v) is 3.67. The monoisotopic (exact) mass is 332 g/mol. The highest BCUT2D eigenvalue weighted by Gasteiger charge is 2.16. The summed E-state index contributed by atoms with van der Waals surface area (Å²) in [4.78, 5) is 23.4. The number of amides is 2. The highest BCUT2D eigenvalue weighted by atomic mass is 19.1. The lowest BCUT2D eigenvalue weighted by atomic mass is 10.1. The van der Waals surface area contributed by atoms with E-state index in [0.29, 0.717) is 6.54 Å². The van der Waals surface area contributed by atoms with Gasteiger partial charge in [-0.05, 0) is 45.0 Å². The number of nitrogens with zero attached hydrogens (tertiary/aromatic N) is 2. The smallest absolute Gasteiger partial charge is 0.239 e. The predicted molar refractivity (Wildman–Crippen MR) is 88.4 cm³/mol. The SMILES string of the molecule is CCNC(=O)CNC(=O)Cc1c(C)nn(-c2ccc(F)cc2)c1C. The van der Waals surface area contributed by atoms with Gasteiger partial charge in [-0.1, -0.05) is 0 Å². The Labute approximate surface area is 140 Å². The topological polar surface area (TPSA) is 76.0 Å². The van der Waals surface area contributed by atoms with Crippen LogP contribution in [0.15, 0.2) is 24.3 Å². The minimum atomic E-state index is -0.315. The zero-order valence-electron chi connectivity index (χ0n) is 14.0. The second-order valence-electron chi connectivity index (χ2n) is 5.44. The van der Waals surface area contributed by atoms with Gasteiger partial charge in [-0.15, -0.1) is 0 Å². The van der Waals surface area contributed by atoms with Crippen LogP contribution in [-0.2, 0) is 16.0 Å². The van der Waals surface area contributed by atoms with Gasteiger partial charge in [0.15, 0.2) is 0 Å². The van der Waals surface area contributed by atoms with E-state index in [4.69, 9.17) is 0 Å². The Kier molecular flexibility index (Phi) is 5.68. The van der Waals surface area contributed by atoms with Crippen LogP contribution < -0.4 is 10.6 Å². The second-order valence-corrected chi connectivity index (χ2v) is 5.44. The number of hydrogen-bond donors (Lipinski definition) is 2. The Morgan fingerprint density at radius 2 is 1.79 bits per heavy atom. The van der Waals surface area contributed by atoms with Gasteiger partial charge in [0.05, 0.1) is 24.3 Å². The molecular weight excluding hydrogens is 311 g/mol. The average molecular weight is 332 g/mol. The number of likely N-dealkylation sites (N-methyl/N-ethyl adjacent to an activating group) is 1. The summed E-state index contributed by atoms with van der Waals surface area (Å²) in [5.74, 6) is -0.780. The molecule has 0 aliphatic carbocycles. The highest BCUT2D eigenvalue weighted by molar-refractivity contribution is 5.85. The fourth-order valence-corrected chi connectivity index (χ4v) is 2.43. The molecule has 2 aromatic rings. The molecule has 128 valence electrons. The molecule has 24 heavy (non-hydrogen) atoms. The lowest BCUT2D eigenvalue weighted by Crippen LogP contribution is -2.37. The summed E-state index contributed by atoms with van der Waals surface area (Å²) in [6.45, 7) is 5.97. The van der Waals surface area contributed by atoms with Gasteiger partial charge in [0.25, 0.3) is 0 Å². The molecule has 1 heterocycles. The van der Waals surface area contributed by atoms with Crippen LogP contribution >= 0.6 is 0 Å². The van der Waals surface area contributed by atoms with Crippen LogP contribution in [0.4, 0.5) is 4.39 Å². The first-order valence-electron chi connectivity index (χ1n) is 7.76. The summed E-state index contributed by atoms with van der Waals surface area (Å²) in [5, 5.41) is 9.63. The van der Waals surface area contributed by atoms with Crippen LogP contribution in [0, 0.1) is 19.7 Å². The normalized spacial score (nSPS) is 10.5. The summed E-state index contributed by atoms with van der Waals surface area (Å²) >= 11 is 0. The molecule has 0 bridgehead atoms. The van der Waals surface area contributed by atoms with Gasteiger partial charge >= 0.3 is 0 Å². The van der Waals surface area contributed by atoms with Crippen molar-refractivity contribution in [3.63, 3.8) is 0 Å². The highest BCUT2D eigenvalue weighted by Crippen LogP contribution is 2.18. The first-order chi connectivity index (χ1) is 11.4. The van der Waals surface area contributed by atoms with Gasteiger partial charge in [0, 0.05) is 17.8 Å². The number of aromatic nitrogens is 2. The van der Waals surface area contributed by atoms with Gasteiger partial charge in [-0.2, -0.15) is 5.10 Å². The van der Waals surface area contributed by atoms with E-state index >= 15 is 0 Å². The molecule has 0 aliphatic heterocycles. The van der Waals surface area contributed by atoms with Crippen molar-refractivity contribution in [2.24, 2.45) is 0 Å². The first kappa shape index (κ1) is 17.7. The number of aryl methyl sites for hydroxylation is 1. The summed E-state index contributed by atoms with van der Waals surface area (Å²) in [7, 11) is 0. The maximum atomic E-state index is 13.0. The van der Waals surface area contributed by atoms with E-state index in [-0.39, 0.29) is 30.6 Å². The quantitative estimate of drug-likeness (QED) is 0.840. The number of carbonyl (C=O) groups excluding carboxylic acids is 2. The number of halogens is 1. The Balaban J connectivity index is 2.10. The summed E-state index contributed by atoms with van der Waals surface area (Å²) in [6, 6.07) is 6.00. The maximum absolute atomic E-state index is 13.0. The predicted octanol–water partition coefficient (Wildman–Crippen LogP) is 1.42. The zero-order chi connectivity index (χ0) is 17.7. The lowest BCUT2D eigenvalue weighted by Gasteiger charge is -2.07. The molecule has 2 amide bonds. The second kappa shape index (κ2) is 7.72. The number of rotatable bonds is 6. The van der Waals surface area contributed by atoms with E-state index in [2.05, 4.69) is 15.7 Å². The van der Waals surface area contributed by atoms with Crippen molar-refractivity contribution in [1.82, 2.24) is 20.4 Å². The fourth-order valence-electron chi connectivity index (χ4n) is 2.43. The van der Waals surface area contributed by atoms with Gasteiger partial charge in [-0.25, -0.2) is 9.07 Å². The van der Waals surface area contributed by atoms with Crippen LogP contribution in [0.2, 0.25) is 0 Å². The van der Waals surface area contributed by atoms with Crippen LogP contribution in [-0.4, -0.2) is 34.7 Å². The van der Waals surface area contributed by atoms with E-state index in [1.807, 2.05) is 20.8 Å². The standard InChI is InChI=1S/C17H21FN4O2/c1-4-19-17(24)10-20-16(23)9-15-11(2)21-22(12(15)3)14-7-5-13(18)6-8-14/h5-8H,4,9-10H2,1-3H3,(H,19,24)(H,20,23). The van der Waals surface area contributed by atoms with Crippen molar-refractivity contribution in [1.29, 1.82) is 0 Å². The lowest BCUT2D eigenvalue weighted by molar-refractivity contribution is -0.125. The number of carbonyl (C=O) groups is 2. The third kappa shape index (κ3) is 4.18. The zero-order valence-corrected chi connectivity index (χ0v) is 14.0. The Bertz CT molecular complexity index is 738. The largest absolute Gasteiger partial charge is 0.355 e. The molecular formula is C17H21FN4O2. The minimum absolute atomic E-state index is 0.0448. The first-order valence-corrected chi connectivity index (χ1v) is 7.76. The van der Waals surface area contributed by atoms with Crippen molar-refractivity contribution in [3.05, 3.63) is 47.0 Å². The summed E-state index contributed by atoms with van der Waals surface area (Å²) in [5.41, 5.74) is 3.07. The molecule has 1 aromatic carbocycles. The molecule has 6 nitrogen and oxygen atoms in total. The third-order valence-electron chi connectivity index (χ3n) is 3.67. The minimum Gasteiger partial charge on any atom is -0.355 e. The maximum Gasteiger partial charge on any atom is 0.239 e. The number of nitrogens with one attached hydrogen (secondary N) is 2. The number of hydrogen-bond acceptors (Lipinski definition) is 3. The van der Waals surface area contributed by atoms with E-state index in [9.17, 15) is 14.0 Å². The molecule has 7 heteroatoms. The van der Waals surface area contributed by atoms with E-state index in [0.717, 1.165) is 22.6 Å². The van der Waals surface area contributed by atoms with Gasteiger partial charge < -0.3 is 10.6 Å². The van der Waals surface area contributed by atoms with E-state index in [1.54, 1.807) is 16.8 Å². The molecule has 0 aliphatic rings. The fraction of sp³-hybridized carbons (Fsp3) is 0.353. The van der Waals surface area contributed by atoms with Gasteiger partial charge in [0.1, 0.15) is 5.82 Å². The van der Waals surface area contributed by atoms with Crippen LogP contribution in [0.1, 0.15) is 23.9 Å². The molecule has 0 radical (unpaired) electrons. The Morgan fingerprint density at radius 3 is 2.42 bits per heavy atom. The van der Waals surface area contributed by atoms with Crippen molar-refractivity contribution in [2.75, 3.05) is 13.1 Å². The molecule has 0 unspecified atom stereocenters. The van der Waals surface area contributed by atoms with Crippen molar-refractivity contribution >= 4 is 11.8 Å². The van der Waals surface area contributed by atoms with Gasteiger partial charge in [0.2, 0.25) is 11.8 Å². The van der Waals surface area contributed by atoms with Crippen molar-refractivity contribution in [2.45, 2.75) is 27.2 Å². The van der Waals surface area contributed by atoms with E-state index < -0.39 is 0 Å². The molecule has 0 fully saturated rings. The molecule has 1 aromatic heterocycles. The summed E-state index contributed by atoms with van der Waals surface area (Å²) in [6.07, 6.45) is 0.137. The van der Waals surface area contributed by atoms with Crippen LogP contribution in [0.3, 0.4) is 0 Å². The molecule has 0 spiro atoms. The molecule has 0 atom stereocenters. The van der Waals surface area contributed by atoms with E-state index in [1.165, 1.54) is 12.1 Å². The summed E-state index contributed by atoms with van der Waals surface area (Å²) < 4.78 is 14.7. The van der Waals surface area contributed by atoms with Crippen LogP contribution in [0.5, 0.6) is 0 Å². The van der Waals surface area contributed by atoms with Gasteiger partial charge in [-0.3, -0.25) is 9.59 Å². The molecule has 0 saturated heterocycles. The van der Waals surface area contributed by atoms with Crippen molar-refractivity contribution < 1.29 is 14.0 Å². The Hall–Kier alpha value is -2.70. The van der Waals surface area contributed by atoms with Crippen LogP contribution in [0.25, 0.3) is 5.69 Å². The molecule has 2 rings (SSSR count).